The summed E-state index contributed by atoms with van der Waals surface area (Å²) in [5.41, 5.74) is 6.91. The van der Waals surface area contributed by atoms with Crippen LogP contribution in [0.15, 0.2) is 30.3 Å². The lowest BCUT2D eigenvalue weighted by Gasteiger charge is -2.34. The van der Waals surface area contributed by atoms with E-state index in [2.05, 4.69) is 5.32 Å². The molecule has 0 saturated carbocycles. The number of carbonyl (C=O) groups is 2. The van der Waals surface area contributed by atoms with Crippen molar-refractivity contribution >= 4 is 24.2 Å². The van der Waals surface area contributed by atoms with Gasteiger partial charge in [-0.05, 0) is 24.3 Å². The standard InChI is InChI=1S/C18H27N3O2.ClH/c1-13(2)17(18(23)21-10-6-9-15(19)12-21)20-16(22)11-14-7-4-3-5-8-14;/h3-5,7-8,13,15,17H,6,9-12,19H2,1-2H3,(H,20,22);1H. The van der Waals surface area contributed by atoms with Gasteiger partial charge < -0.3 is 16.0 Å². The van der Waals surface area contributed by atoms with Gasteiger partial charge in [-0.1, -0.05) is 44.2 Å². The van der Waals surface area contributed by atoms with Crippen molar-refractivity contribution in [3.8, 4) is 0 Å². The molecule has 1 aliphatic rings. The fraction of sp³-hybridized carbons (Fsp3) is 0.556. The van der Waals surface area contributed by atoms with E-state index in [0.29, 0.717) is 6.54 Å². The predicted molar refractivity (Wildman–Crippen MR) is 98.0 cm³/mol. The van der Waals surface area contributed by atoms with E-state index >= 15 is 0 Å². The zero-order valence-corrected chi connectivity index (χ0v) is 15.2. The SMILES string of the molecule is CC(C)C(NC(=O)Cc1ccccc1)C(=O)N1CCCC(N)C1.Cl. The van der Waals surface area contributed by atoms with Gasteiger partial charge in [-0.15, -0.1) is 12.4 Å². The van der Waals surface area contributed by atoms with Crippen LogP contribution in [-0.2, 0) is 16.0 Å². The highest BCUT2D eigenvalue weighted by Gasteiger charge is 2.30. The Balaban J connectivity index is 0.00000288. The fourth-order valence-corrected chi connectivity index (χ4v) is 2.93. The van der Waals surface area contributed by atoms with Crippen molar-refractivity contribution < 1.29 is 9.59 Å². The number of piperidine rings is 1. The second kappa shape index (κ2) is 9.64. The Hall–Kier alpha value is -1.59. The summed E-state index contributed by atoms with van der Waals surface area (Å²) in [4.78, 5) is 26.8. The number of carbonyl (C=O) groups excluding carboxylic acids is 2. The van der Waals surface area contributed by atoms with Crippen LogP contribution in [0.2, 0.25) is 0 Å². The third kappa shape index (κ3) is 5.80. The van der Waals surface area contributed by atoms with Crippen LogP contribution >= 0.6 is 12.4 Å². The fourth-order valence-electron chi connectivity index (χ4n) is 2.93. The van der Waals surface area contributed by atoms with Crippen LogP contribution < -0.4 is 11.1 Å². The summed E-state index contributed by atoms with van der Waals surface area (Å²) in [6.45, 7) is 5.21. The molecule has 0 aliphatic carbocycles. The molecule has 1 heterocycles. The molecule has 134 valence electrons. The van der Waals surface area contributed by atoms with Gasteiger partial charge >= 0.3 is 0 Å². The monoisotopic (exact) mass is 353 g/mol. The molecule has 0 spiro atoms. The Labute approximate surface area is 150 Å². The van der Waals surface area contributed by atoms with Crippen molar-refractivity contribution in [1.29, 1.82) is 0 Å². The van der Waals surface area contributed by atoms with Crippen LogP contribution in [0.4, 0.5) is 0 Å². The molecular weight excluding hydrogens is 326 g/mol. The Morgan fingerprint density at radius 2 is 1.96 bits per heavy atom. The highest BCUT2D eigenvalue weighted by molar-refractivity contribution is 5.88. The van der Waals surface area contributed by atoms with Gasteiger partial charge in [0, 0.05) is 19.1 Å². The predicted octanol–water partition coefficient (Wildman–Crippen LogP) is 1.74. The molecule has 5 nitrogen and oxygen atoms in total. The van der Waals surface area contributed by atoms with E-state index in [0.717, 1.165) is 24.9 Å². The lowest BCUT2D eigenvalue weighted by atomic mass is 9.99. The molecule has 1 aromatic carbocycles. The molecule has 0 radical (unpaired) electrons. The van der Waals surface area contributed by atoms with Gasteiger partial charge in [0.1, 0.15) is 6.04 Å². The molecule has 1 aromatic rings. The molecule has 0 aromatic heterocycles. The topological polar surface area (TPSA) is 75.4 Å². The second-order valence-corrected chi connectivity index (χ2v) is 6.64. The Kier molecular flexibility index (Phi) is 8.22. The highest BCUT2D eigenvalue weighted by atomic mass is 35.5. The van der Waals surface area contributed by atoms with Crippen LogP contribution in [0, 0.1) is 5.92 Å². The number of nitrogens with two attached hydrogens (primary N) is 1. The Morgan fingerprint density at radius 1 is 1.29 bits per heavy atom. The molecule has 2 unspecified atom stereocenters. The maximum absolute atomic E-state index is 12.7. The summed E-state index contributed by atoms with van der Waals surface area (Å²) in [5.74, 6) is -0.0958. The summed E-state index contributed by atoms with van der Waals surface area (Å²) in [5, 5.41) is 2.91. The average molecular weight is 354 g/mol. The average Bonchev–Trinajstić information content (AvgIpc) is 2.52. The number of nitrogens with one attached hydrogen (secondary N) is 1. The van der Waals surface area contributed by atoms with E-state index < -0.39 is 6.04 Å². The first-order valence-electron chi connectivity index (χ1n) is 8.35. The van der Waals surface area contributed by atoms with E-state index in [1.807, 2.05) is 44.2 Å². The number of amides is 2. The number of benzene rings is 1. The van der Waals surface area contributed by atoms with Gasteiger partial charge in [-0.3, -0.25) is 9.59 Å². The van der Waals surface area contributed by atoms with Gasteiger partial charge in [0.25, 0.3) is 0 Å². The second-order valence-electron chi connectivity index (χ2n) is 6.64. The maximum Gasteiger partial charge on any atom is 0.245 e. The zero-order valence-electron chi connectivity index (χ0n) is 14.4. The molecule has 3 N–H and O–H groups in total. The van der Waals surface area contributed by atoms with Crippen LogP contribution in [0.25, 0.3) is 0 Å². The van der Waals surface area contributed by atoms with E-state index in [4.69, 9.17) is 5.73 Å². The molecule has 1 saturated heterocycles. The maximum atomic E-state index is 12.7. The minimum atomic E-state index is -0.489. The van der Waals surface area contributed by atoms with Crippen LogP contribution in [0.3, 0.4) is 0 Å². The summed E-state index contributed by atoms with van der Waals surface area (Å²) >= 11 is 0. The third-order valence-electron chi connectivity index (χ3n) is 4.23. The quantitative estimate of drug-likeness (QED) is 0.846. The molecule has 2 amide bonds. The smallest absolute Gasteiger partial charge is 0.245 e. The molecule has 1 fully saturated rings. The number of hydrogen-bond donors (Lipinski definition) is 2. The van der Waals surface area contributed by atoms with Gasteiger partial charge in [-0.25, -0.2) is 0 Å². The lowest BCUT2D eigenvalue weighted by molar-refractivity contribution is -0.138. The molecule has 0 bridgehead atoms. The summed E-state index contributed by atoms with van der Waals surface area (Å²) in [7, 11) is 0. The van der Waals surface area contributed by atoms with Crippen molar-refractivity contribution in [2.75, 3.05) is 13.1 Å². The molecular formula is C18H28ClN3O2. The molecule has 24 heavy (non-hydrogen) atoms. The van der Waals surface area contributed by atoms with Gasteiger partial charge in [0.05, 0.1) is 6.42 Å². The number of halogens is 1. The van der Waals surface area contributed by atoms with Crippen molar-refractivity contribution in [2.45, 2.75) is 45.2 Å². The van der Waals surface area contributed by atoms with Crippen LogP contribution in [0.1, 0.15) is 32.3 Å². The van der Waals surface area contributed by atoms with Crippen LogP contribution in [-0.4, -0.2) is 41.9 Å². The van der Waals surface area contributed by atoms with Crippen LogP contribution in [0.5, 0.6) is 0 Å². The minimum Gasteiger partial charge on any atom is -0.344 e. The van der Waals surface area contributed by atoms with Crippen molar-refractivity contribution in [1.82, 2.24) is 10.2 Å². The lowest BCUT2D eigenvalue weighted by Crippen LogP contribution is -2.55. The van der Waals surface area contributed by atoms with Crippen molar-refractivity contribution in [3.05, 3.63) is 35.9 Å². The largest absolute Gasteiger partial charge is 0.344 e. The first-order chi connectivity index (χ1) is 11.0. The first kappa shape index (κ1) is 20.5. The normalized spacial score (nSPS) is 18.7. The van der Waals surface area contributed by atoms with E-state index in [1.165, 1.54) is 0 Å². The highest BCUT2D eigenvalue weighted by Crippen LogP contribution is 2.13. The van der Waals surface area contributed by atoms with E-state index in [1.54, 1.807) is 4.90 Å². The Morgan fingerprint density at radius 3 is 2.54 bits per heavy atom. The summed E-state index contributed by atoms with van der Waals surface area (Å²) in [6, 6.07) is 9.11. The third-order valence-corrected chi connectivity index (χ3v) is 4.23. The van der Waals surface area contributed by atoms with Crippen molar-refractivity contribution in [2.24, 2.45) is 11.7 Å². The molecule has 6 heteroatoms. The van der Waals surface area contributed by atoms with Gasteiger partial charge in [0.2, 0.25) is 11.8 Å². The van der Waals surface area contributed by atoms with E-state index in [9.17, 15) is 9.59 Å². The first-order valence-corrected chi connectivity index (χ1v) is 8.35. The Bertz CT molecular complexity index is 536. The van der Waals surface area contributed by atoms with Gasteiger partial charge in [-0.2, -0.15) is 0 Å². The molecule has 2 rings (SSSR count). The zero-order chi connectivity index (χ0) is 16.8. The number of hydrogen-bond acceptors (Lipinski definition) is 3. The summed E-state index contributed by atoms with van der Waals surface area (Å²) < 4.78 is 0. The van der Waals surface area contributed by atoms with Crippen molar-refractivity contribution in [3.63, 3.8) is 0 Å². The molecule has 1 aliphatic heterocycles. The minimum absolute atomic E-state index is 0. The summed E-state index contributed by atoms with van der Waals surface area (Å²) in [6.07, 6.45) is 2.17. The molecule has 2 atom stereocenters. The van der Waals surface area contributed by atoms with E-state index in [-0.39, 0.29) is 42.6 Å². The number of likely N-dealkylation sites (tertiary alicyclic amines) is 1. The number of nitrogens with zero attached hydrogens (tertiary/aromatic N) is 1. The van der Waals surface area contributed by atoms with Gasteiger partial charge in [0.15, 0.2) is 0 Å². The number of rotatable bonds is 5.